The van der Waals surface area contributed by atoms with Crippen LogP contribution in [0.25, 0.3) is 22.2 Å². The topological polar surface area (TPSA) is 35.6 Å². The number of aryl methyl sites for hydroxylation is 1. The summed E-state index contributed by atoms with van der Waals surface area (Å²) in [5, 5.41) is 5.48. The average molecular weight is 389 g/mol. The van der Waals surface area contributed by atoms with Crippen molar-refractivity contribution in [1.29, 1.82) is 0 Å². The number of hydrogen-bond acceptors (Lipinski definition) is 3. The van der Waals surface area contributed by atoms with Crippen LogP contribution in [-0.2, 0) is 7.05 Å². The summed E-state index contributed by atoms with van der Waals surface area (Å²) in [6.45, 7) is 0. The fourth-order valence-electron chi connectivity index (χ4n) is 4.61. The fourth-order valence-corrected chi connectivity index (χ4v) is 4.88. The molecule has 0 N–H and O–H groups in total. The number of nitrogens with zero attached hydrogens (tertiary/aromatic N) is 4. The highest BCUT2D eigenvalue weighted by Gasteiger charge is 2.24. The van der Waals surface area contributed by atoms with Gasteiger partial charge in [-0.2, -0.15) is 5.10 Å². The molecule has 0 unspecified atom stereocenters. The van der Waals surface area contributed by atoms with Crippen molar-refractivity contribution in [1.82, 2.24) is 18.7 Å². The van der Waals surface area contributed by atoms with Gasteiger partial charge in [0.2, 0.25) is 0 Å². The van der Waals surface area contributed by atoms with Gasteiger partial charge in [0.15, 0.2) is 0 Å². The molecule has 0 amide bonds. The zero-order valence-electron chi connectivity index (χ0n) is 16.0. The van der Waals surface area contributed by atoms with Crippen LogP contribution in [0.3, 0.4) is 0 Å². The van der Waals surface area contributed by atoms with E-state index in [2.05, 4.69) is 60.5 Å². The van der Waals surface area contributed by atoms with Gasteiger partial charge in [0, 0.05) is 42.2 Å². The van der Waals surface area contributed by atoms with E-state index in [-0.39, 0.29) is 0 Å². The molecular formula is C23H24N4S. The van der Waals surface area contributed by atoms with Crippen molar-refractivity contribution >= 4 is 23.8 Å². The van der Waals surface area contributed by atoms with Gasteiger partial charge in [0.05, 0.1) is 6.20 Å². The number of pyridine rings is 1. The Morgan fingerprint density at radius 3 is 2.32 bits per heavy atom. The lowest BCUT2D eigenvalue weighted by atomic mass is 9.76. The summed E-state index contributed by atoms with van der Waals surface area (Å²) in [5.41, 5.74) is 5.99. The second-order valence-corrected chi connectivity index (χ2v) is 8.32. The van der Waals surface area contributed by atoms with Gasteiger partial charge in [-0.15, -0.1) is 0 Å². The SMILES string of the molecule is Cn1cc(-c2cn(S)c3ncc(C4CCC(c5ccccc5)CC4)cc23)cn1. The van der Waals surface area contributed by atoms with Crippen LogP contribution >= 0.6 is 12.8 Å². The van der Waals surface area contributed by atoms with Crippen molar-refractivity contribution in [3.05, 3.63) is 72.3 Å². The van der Waals surface area contributed by atoms with Gasteiger partial charge in [-0.25, -0.2) is 4.98 Å². The Morgan fingerprint density at radius 2 is 1.64 bits per heavy atom. The molecule has 5 rings (SSSR count). The van der Waals surface area contributed by atoms with E-state index in [0.717, 1.165) is 22.2 Å². The fraction of sp³-hybridized carbons (Fsp3) is 0.304. The maximum atomic E-state index is 4.75. The van der Waals surface area contributed by atoms with Gasteiger partial charge < -0.3 is 0 Å². The molecule has 0 radical (unpaired) electrons. The van der Waals surface area contributed by atoms with E-state index in [1.807, 2.05) is 34.3 Å². The van der Waals surface area contributed by atoms with Gasteiger partial charge >= 0.3 is 0 Å². The van der Waals surface area contributed by atoms with Crippen LogP contribution < -0.4 is 0 Å². The van der Waals surface area contributed by atoms with E-state index in [4.69, 9.17) is 4.98 Å². The highest BCUT2D eigenvalue weighted by atomic mass is 32.1. The predicted molar refractivity (Wildman–Crippen MR) is 117 cm³/mol. The van der Waals surface area contributed by atoms with Crippen LogP contribution in [0.15, 0.2) is 61.2 Å². The molecule has 1 saturated carbocycles. The normalized spacial score (nSPS) is 19.9. The summed E-state index contributed by atoms with van der Waals surface area (Å²) in [5.74, 6) is 1.28. The van der Waals surface area contributed by atoms with E-state index in [0.29, 0.717) is 11.8 Å². The van der Waals surface area contributed by atoms with Crippen LogP contribution in [0.1, 0.15) is 48.6 Å². The van der Waals surface area contributed by atoms with E-state index >= 15 is 0 Å². The summed E-state index contributed by atoms with van der Waals surface area (Å²) in [6, 6.07) is 13.3. The molecule has 0 bridgehead atoms. The Labute approximate surface area is 170 Å². The number of rotatable bonds is 3. The maximum Gasteiger partial charge on any atom is 0.150 e. The third-order valence-electron chi connectivity index (χ3n) is 6.13. The summed E-state index contributed by atoms with van der Waals surface area (Å²) in [7, 11) is 1.94. The van der Waals surface area contributed by atoms with Crippen molar-refractivity contribution in [2.75, 3.05) is 0 Å². The summed E-state index contributed by atoms with van der Waals surface area (Å²) < 4.78 is 3.65. The number of hydrogen-bond donors (Lipinski definition) is 1. The van der Waals surface area contributed by atoms with Crippen LogP contribution in [0.2, 0.25) is 0 Å². The Hall–Kier alpha value is -2.53. The predicted octanol–water partition coefficient (Wildman–Crippen LogP) is 5.57. The minimum absolute atomic E-state index is 0.585. The first-order valence-electron chi connectivity index (χ1n) is 9.93. The van der Waals surface area contributed by atoms with Gasteiger partial charge in [-0.05, 0) is 54.7 Å². The molecule has 1 aliphatic carbocycles. The molecule has 28 heavy (non-hydrogen) atoms. The van der Waals surface area contributed by atoms with E-state index in [1.54, 1.807) is 0 Å². The zero-order chi connectivity index (χ0) is 19.1. The third kappa shape index (κ3) is 3.14. The number of thiol groups is 1. The molecular weight excluding hydrogens is 364 g/mol. The molecule has 1 fully saturated rings. The molecule has 3 aromatic heterocycles. The number of aromatic nitrogens is 4. The lowest BCUT2D eigenvalue weighted by Gasteiger charge is -2.29. The number of fused-ring (bicyclic) bond motifs is 1. The maximum absolute atomic E-state index is 4.75. The third-order valence-corrected chi connectivity index (χ3v) is 6.44. The molecule has 142 valence electrons. The molecule has 0 saturated heterocycles. The molecule has 1 aromatic carbocycles. The summed E-state index contributed by atoms with van der Waals surface area (Å²) in [4.78, 5) is 4.75. The summed E-state index contributed by atoms with van der Waals surface area (Å²) >= 11 is 4.57. The van der Waals surface area contributed by atoms with Gasteiger partial charge in [-0.1, -0.05) is 43.1 Å². The quantitative estimate of drug-likeness (QED) is 0.466. The van der Waals surface area contributed by atoms with Crippen molar-refractivity contribution in [3.8, 4) is 11.1 Å². The van der Waals surface area contributed by atoms with E-state index in [1.165, 1.54) is 36.8 Å². The summed E-state index contributed by atoms with van der Waals surface area (Å²) in [6.07, 6.45) is 13.0. The molecule has 4 nitrogen and oxygen atoms in total. The molecule has 0 aliphatic heterocycles. The largest absolute Gasteiger partial charge is 0.277 e. The van der Waals surface area contributed by atoms with E-state index < -0.39 is 0 Å². The standard InChI is InChI=1S/C23H24N4S/c1-26-14-20(13-25-26)22-15-27(28)23-21(22)11-19(12-24-23)18-9-7-17(8-10-18)16-5-3-2-4-6-16/h2-6,11-15,17-18,28H,7-10H2,1H3. The van der Waals surface area contributed by atoms with Crippen LogP contribution in [0, 0.1) is 0 Å². The molecule has 3 heterocycles. The smallest absolute Gasteiger partial charge is 0.150 e. The molecule has 1 aliphatic rings. The first-order valence-corrected chi connectivity index (χ1v) is 10.3. The van der Waals surface area contributed by atoms with Crippen molar-refractivity contribution < 1.29 is 0 Å². The monoisotopic (exact) mass is 388 g/mol. The van der Waals surface area contributed by atoms with E-state index in [9.17, 15) is 0 Å². The molecule has 4 aromatic rings. The zero-order valence-corrected chi connectivity index (χ0v) is 16.9. The lowest BCUT2D eigenvalue weighted by Crippen LogP contribution is -2.12. The van der Waals surface area contributed by atoms with Crippen molar-refractivity contribution in [3.63, 3.8) is 0 Å². The Kier molecular flexibility index (Phi) is 4.47. The highest BCUT2D eigenvalue weighted by molar-refractivity contribution is 7.78. The first-order chi connectivity index (χ1) is 13.7. The van der Waals surface area contributed by atoms with Gasteiger partial charge in [0.1, 0.15) is 5.65 Å². The average Bonchev–Trinajstić information content (AvgIpc) is 3.32. The molecule has 0 atom stereocenters. The molecule has 0 spiro atoms. The van der Waals surface area contributed by atoms with Gasteiger partial charge in [-0.3, -0.25) is 8.65 Å². The Morgan fingerprint density at radius 1 is 0.929 bits per heavy atom. The lowest BCUT2D eigenvalue weighted by molar-refractivity contribution is 0.396. The highest BCUT2D eigenvalue weighted by Crippen LogP contribution is 2.41. The molecule has 5 heteroatoms. The van der Waals surface area contributed by atoms with Crippen molar-refractivity contribution in [2.24, 2.45) is 7.05 Å². The van der Waals surface area contributed by atoms with Crippen LogP contribution in [0.5, 0.6) is 0 Å². The first kappa shape index (κ1) is 17.6. The van der Waals surface area contributed by atoms with Crippen molar-refractivity contribution in [2.45, 2.75) is 37.5 Å². The second kappa shape index (κ2) is 7.13. The second-order valence-electron chi connectivity index (χ2n) is 7.89. The van der Waals surface area contributed by atoms with Crippen LogP contribution in [0.4, 0.5) is 0 Å². The Bertz CT molecular complexity index is 1100. The van der Waals surface area contributed by atoms with Gasteiger partial charge in [0.25, 0.3) is 0 Å². The minimum Gasteiger partial charge on any atom is -0.277 e. The minimum atomic E-state index is 0.585. The van der Waals surface area contributed by atoms with Crippen LogP contribution in [-0.4, -0.2) is 18.7 Å². The number of benzene rings is 1. The Balaban J connectivity index is 1.43.